The second kappa shape index (κ2) is 7.97. The molecule has 3 rings (SSSR count). The highest BCUT2D eigenvalue weighted by Crippen LogP contribution is 2.22. The van der Waals surface area contributed by atoms with E-state index in [1.807, 2.05) is 18.2 Å². The average molecular weight is 373 g/mol. The number of pyridine rings is 1. The van der Waals surface area contributed by atoms with Crippen LogP contribution in [-0.2, 0) is 34.2 Å². The minimum Gasteiger partial charge on any atom is -0.338 e. The first-order chi connectivity index (χ1) is 12.5. The number of benzene rings is 1. The van der Waals surface area contributed by atoms with Gasteiger partial charge in [-0.2, -0.15) is 0 Å². The summed E-state index contributed by atoms with van der Waals surface area (Å²) >= 11 is 0. The van der Waals surface area contributed by atoms with E-state index >= 15 is 0 Å². The Bertz CT molecular complexity index is 882. The first kappa shape index (κ1) is 18.5. The fourth-order valence-electron chi connectivity index (χ4n) is 3.10. The summed E-state index contributed by atoms with van der Waals surface area (Å²) in [6.07, 6.45) is 5.74. The number of carbonyl (C=O) groups excluding carboxylic acids is 1. The number of aryl methyl sites for hydroxylation is 1. The van der Waals surface area contributed by atoms with Gasteiger partial charge < -0.3 is 4.90 Å². The highest BCUT2D eigenvalue weighted by Gasteiger charge is 2.21. The Kier molecular flexibility index (Phi) is 5.68. The fraction of sp³-hybridized carbons (Fsp3) is 0.368. The van der Waals surface area contributed by atoms with Crippen LogP contribution >= 0.6 is 0 Å². The maximum Gasteiger partial charge on any atom is 0.240 e. The number of carbonyl (C=O) groups is 1. The van der Waals surface area contributed by atoms with Crippen molar-refractivity contribution in [3.8, 4) is 0 Å². The van der Waals surface area contributed by atoms with Gasteiger partial charge in [0.1, 0.15) is 0 Å². The molecule has 2 aromatic rings. The molecule has 6 nitrogen and oxygen atoms in total. The molecule has 0 aliphatic carbocycles. The van der Waals surface area contributed by atoms with Crippen molar-refractivity contribution in [1.29, 1.82) is 0 Å². The van der Waals surface area contributed by atoms with Gasteiger partial charge >= 0.3 is 0 Å². The van der Waals surface area contributed by atoms with Crippen LogP contribution in [0.2, 0.25) is 0 Å². The number of amides is 1. The Labute approximate surface area is 154 Å². The molecule has 2 heterocycles. The lowest BCUT2D eigenvalue weighted by Crippen LogP contribution is -2.34. The molecule has 1 aliphatic heterocycles. The van der Waals surface area contributed by atoms with Gasteiger partial charge in [-0.15, -0.1) is 0 Å². The molecular weight excluding hydrogens is 350 g/mol. The van der Waals surface area contributed by atoms with E-state index in [1.165, 1.54) is 6.92 Å². The number of hydrogen-bond donors (Lipinski definition) is 1. The van der Waals surface area contributed by atoms with Crippen molar-refractivity contribution < 1.29 is 13.2 Å². The van der Waals surface area contributed by atoms with E-state index in [2.05, 4.69) is 9.71 Å². The molecule has 1 aromatic heterocycles. The van der Waals surface area contributed by atoms with Crippen LogP contribution in [0, 0.1) is 0 Å². The Morgan fingerprint density at radius 3 is 2.85 bits per heavy atom. The smallest absolute Gasteiger partial charge is 0.240 e. The molecule has 0 saturated carbocycles. The van der Waals surface area contributed by atoms with E-state index in [-0.39, 0.29) is 10.8 Å². The number of rotatable bonds is 6. The van der Waals surface area contributed by atoms with Crippen molar-refractivity contribution in [3.05, 3.63) is 59.4 Å². The first-order valence-electron chi connectivity index (χ1n) is 8.71. The third-order valence-corrected chi connectivity index (χ3v) is 6.06. The summed E-state index contributed by atoms with van der Waals surface area (Å²) < 4.78 is 27.7. The molecule has 138 valence electrons. The number of fused-ring (bicyclic) bond motifs is 1. The molecule has 0 radical (unpaired) electrons. The third kappa shape index (κ3) is 4.47. The van der Waals surface area contributed by atoms with Crippen LogP contribution in [0.5, 0.6) is 0 Å². The Hall–Kier alpha value is -2.25. The molecule has 0 bridgehead atoms. The molecule has 0 fully saturated rings. The zero-order valence-electron chi connectivity index (χ0n) is 14.8. The number of aromatic nitrogens is 1. The number of nitrogens with one attached hydrogen (secondary N) is 1. The van der Waals surface area contributed by atoms with Gasteiger partial charge in [-0.1, -0.05) is 12.1 Å². The minimum atomic E-state index is -3.55. The molecular formula is C19H23N3O3S. The van der Waals surface area contributed by atoms with Gasteiger partial charge in [0.15, 0.2) is 0 Å². The van der Waals surface area contributed by atoms with E-state index in [9.17, 15) is 13.2 Å². The van der Waals surface area contributed by atoms with Crippen LogP contribution in [0.1, 0.15) is 30.0 Å². The molecule has 0 unspecified atom stereocenters. The maximum absolute atomic E-state index is 12.5. The van der Waals surface area contributed by atoms with E-state index in [1.54, 1.807) is 29.4 Å². The van der Waals surface area contributed by atoms with E-state index < -0.39 is 10.0 Å². The molecule has 1 N–H and O–H groups in total. The van der Waals surface area contributed by atoms with Gasteiger partial charge in [-0.3, -0.25) is 9.78 Å². The first-order valence-corrected chi connectivity index (χ1v) is 10.2. The van der Waals surface area contributed by atoms with Gasteiger partial charge in [-0.05, 0) is 54.2 Å². The molecule has 0 atom stereocenters. The van der Waals surface area contributed by atoms with Crippen molar-refractivity contribution in [1.82, 2.24) is 14.6 Å². The maximum atomic E-state index is 12.5. The van der Waals surface area contributed by atoms with Gasteiger partial charge in [0.05, 0.1) is 4.90 Å². The van der Waals surface area contributed by atoms with Crippen molar-refractivity contribution in [3.63, 3.8) is 0 Å². The molecule has 26 heavy (non-hydrogen) atoms. The van der Waals surface area contributed by atoms with Crippen molar-refractivity contribution in [2.45, 2.75) is 37.6 Å². The number of sulfonamides is 1. The zero-order chi connectivity index (χ0) is 18.6. The van der Waals surface area contributed by atoms with E-state index in [0.717, 1.165) is 29.5 Å². The van der Waals surface area contributed by atoms with Gasteiger partial charge in [-0.25, -0.2) is 13.1 Å². The van der Waals surface area contributed by atoms with Crippen LogP contribution < -0.4 is 4.72 Å². The molecule has 0 saturated heterocycles. The van der Waals surface area contributed by atoms with Crippen LogP contribution in [-0.4, -0.2) is 37.3 Å². The Balaban J connectivity index is 1.62. The van der Waals surface area contributed by atoms with Crippen LogP contribution in [0.4, 0.5) is 0 Å². The normalized spacial score (nSPS) is 14.1. The summed E-state index contributed by atoms with van der Waals surface area (Å²) in [6, 6.07) is 9.04. The molecule has 0 spiro atoms. The topological polar surface area (TPSA) is 79.4 Å². The van der Waals surface area contributed by atoms with Crippen LogP contribution in [0.3, 0.4) is 0 Å². The van der Waals surface area contributed by atoms with E-state index in [0.29, 0.717) is 26.1 Å². The lowest BCUT2D eigenvalue weighted by molar-refractivity contribution is -0.129. The predicted octanol–water partition coefficient (Wildman–Crippen LogP) is 1.90. The Morgan fingerprint density at radius 1 is 1.27 bits per heavy atom. The second-order valence-corrected chi connectivity index (χ2v) is 8.25. The standard InChI is InChI=1S/C19H23N3O3S/c1-15(23)22-11-8-17-6-7-19(12-18(17)14-22)26(24,25)21-10-3-5-16-4-2-9-20-13-16/h2,4,6-7,9,12-13,21H,3,5,8,10-11,14H2,1H3. The highest BCUT2D eigenvalue weighted by molar-refractivity contribution is 7.89. The quantitative estimate of drug-likeness (QED) is 0.785. The fourth-order valence-corrected chi connectivity index (χ4v) is 4.22. The highest BCUT2D eigenvalue weighted by atomic mass is 32.2. The SMILES string of the molecule is CC(=O)N1CCc2ccc(S(=O)(=O)NCCCc3cccnc3)cc2C1. The lowest BCUT2D eigenvalue weighted by Gasteiger charge is -2.28. The van der Waals surface area contributed by atoms with Gasteiger partial charge in [0.2, 0.25) is 15.9 Å². The van der Waals surface area contributed by atoms with E-state index in [4.69, 9.17) is 0 Å². The zero-order valence-corrected chi connectivity index (χ0v) is 15.6. The van der Waals surface area contributed by atoms with Crippen molar-refractivity contribution in [2.24, 2.45) is 0 Å². The third-order valence-electron chi connectivity index (χ3n) is 4.60. The van der Waals surface area contributed by atoms with Crippen LogP contribution in [0.15, 0.2) is 47.6 Å². The van der Waals surface area contributed by atoms with Crippen molar-refractivity contribution in [2.75, 3.05) is 13.1 Å². The summed E-state index contributed by atoms with van der Waals surface area (Å²) in [5.41, 5.74) is 3.10. The number of hydrogen-bond acceptors (Lipinski definition) is 4. The predicted molar refractivity (Wildman–Crippen MR) is 99.0 cm³/mol. The van der Waals surface area contributed by atoms with Crippen LogP contribution in [0.25, 0.3) is 0 Å². The summed E-state index contributed by atoms with van der Waals surface area (Å²) in [4.78, 5) is 17.6. The van der Waals surface area contributed by atoms with Crippen molar-refractivity contribution >= 4 is 15.9 Å². The molecule has 1 aromatic carbocycles. The second-order valence-electron chi connectivity index (χ2n) is 6.48. The largest absolute Gasteiger partial charge is 0.338 e. The molecule has 1 aliphatic rings. The lowest BCUT2D eigenvalue weighted by atomic mass is 10.00. The number of nitrogens with zero attached hydrogens (tertiary/aromatic N) is 2. The Morgan fingerprint density at radius 2 is 2.12 bits per heavy atom. The van der Waals surface area contributed by atoms with Gasteiger partial charge in [0.25, 0.3) is 0 Å². The molecule has 1 amide bonds. The summed E-state index contributed by atoms with van der Waals surface area (Å²) in [6.45, 7) is 3.05. The summed E-state index contributed by atoms with van der Waals surface area (Å²) in [7, 11) is -3.55. The minimum absolute atomic E-state index is 0.0115. The summed E-state index contributed by atoms with van der Waals surface area (Å²) in [5, 5.41) is 0. The van der Waals surface area contributed by atoms with Gasteiger partial charge in [0, 0.05) is 39.0 Å². The monoisotopic (exact) mass is 373 g/mol. The average Bonchev–Trinajstić information content (AvgIpc) is 2.65. The summed E-state index contributed by atoms with van der Waals surface area (Å²) in [5.74, 6) is 0.0115. The molecule has 7 heteroatoms.